The highest BCUT2D eigenvalue weighted by Gasteiger charge is 2.20. The number of amidine groups is 1. The second-order valence-electron chi connectivity index (χ2n) is 4.79. The van der Waals surface area contributed by atoms with E-state index in [9.17, 15) is 0 Å². The standard InChI is InChI=1S/C15H18N4S/c1-19-10-9-16-14(19)7-8-17-15-18-11-13(20-15)12-5-3-2-4-6-12/h2-6,9-10,13H,7-8,11H2,1H3,(H,17,18). The van der Waals surface area contributed by atoms with E-state index in [1.165, 1.54) is 5.56 Å². The Kier molecular flexibility index (Phi) is 4.06. The lowest BCUT2D eigenvalue weighted by Gasteiger charge is -2.09. The van der Waals surface area contributed by atoms with Gasteiger partial charge in [0, 0.05) is 32.4 Å². The molecule has 1 aliphatic rings. The smallest absolute Gasteiger partial charge is 0.157 e. The van der Waals surface area contributed by atoms with Crippen molar-refractivity contribution in [3.05, 3.63) is 54.1 Å². The molecule has 4 nitrogen and oxygen atoms in total. The van der Waals surface area contributed by atoms with Gasteiger partial charge in [-0.25, -0.2) is 4.98 Å². The number of thioether (sulfide) groups is 1. The molecule has 0 bridgehead atoms. The second kappa shape index (κ2) is 6.13. The predicted molar refractivity (Wildman–Crippen MR) is 84.0 cm³/mol. The molecule has 2 heterocycles. The Morgan fingerprint density at radius 2 is 2.20 bits per heavy atom. The average molecular weight is 286 g/mol. The van der Waals surface area contributed by atoms with Gasteiger partial charge in [0.1, 0.15) is 5.82 Å². The van der Waals surface area contributed by atoms with Crippen molar-refractivity contribution in [2.24, 2.45) is 12.0 Å². The normalized spacial score (nSPS) is 18.1. The van der Waals surface area contributed by atoms with Crippen LogP contribution in [0.15, 0.2) is 47.7 Å². The fourth-order valence-corrected chi connectivity index (χ4v) is 3.28. The Morgan fingerprint density at radius 3 is 2.95 bits per heavy atom. The Hall–Kier alpha value is -1.75. The summed E-state index contributed by atoms with van der Waals surface area (Å²) in [4.78, 5) is 8.89. The van der Waals surface area contributed by atoms with Gasteiger partial charge in [-0.1, -0.05) is 42.1 Å². The highest BCUT2D eigenvalue weighted by Crippen LogP contribution is 2.33. The molecule has 0 spiro atoms. The minimum atomic E-state index is 0.451. The fraction of sp³-hybridized carbons (Fsp3) is 0.333. The quantitative estimate of drug-likeness (QED) is 0.938. The number of hydrogen-bond donors (Lipinski definition) is 1. The van der Waals surface area contributed by atoms with E-state index in [1.807, 2.05) is 31.2 Å². The molecule has 0 amide bonds. The van der Waals surface area contributed by atoms with Crippen LogP contribution in [-0.4, -0.2) is 27.8 Å². The number of nitrogens with one attached hydrogen (secondary N) is 1. The summed E-state index contributed by atoms with van der Waals surface area (Å²) < 4.78 is 2.05. The molecule has 1 atom stereocenters. The largest absolute Gasteiger partial charge is 0.364 e. The van der Waals surface area contributed by atoms with E-state index in [4.69, 9.17) is 0 Å². The molecule has 0 fully saturated rings. The van der Waals surface area contributed by atoms with Crippen LogP contribution in [0.5, 0.6) is 0 Å². The van der Waals surface area contributed by atoms with Gasteiger partial charge < -0.3 is 9.88 Å². The molecule has 0 aliphatic carbocycles. The maximum atomic E-state index is 4.58. The molecule has 0 saturated carbocycles. The number of hydrogen-bond acceptors (Lipinski definition) is 4. The van der Waals surface area contributed by atoms with E-state index in [0.717, 1.165) is 30.5 Å². The topological polar surface area (TPSA) is 42.2 Å². The zero-order valence-electron chi connectivity index (χ0n) is 11.5. The molecule has 1 aromatic heterocycles. The van der Waals surface area contributed by atoms with Gasteiger partial charge >= 0.3 is 0 Å². The van der Waals surface area contributed by atoms with E-state index < -0.39 is 0 Å². The lowest BCUT2D eigenvalue weighted by Crippen LogP contribution is -2.22. The minimum Gasteiger partial charge on any atom is -0.364 e. The third-order valence-electron chi connectivity index (χ3n) is 3.37. The van der Waals surface area contributed by atoms with Crippen LogP contribution >= 0.6 is 11.8 Å². The molecule has 0 saturated heterocycles. The Morgan fingerprint density at radius 1 is 1.35 bits per heavy atom. The summed E-state index contributed by atoms with van der Waals surface area (Å²) in [5, 5.41) is 4.91. The van der Waals surface area contributed by atoms with Crippen molar-refractivity contribution in [3.63, 3.8) is 0 Å². The van der Waals surface area contributed by atoms with Crippen LogP contribution in [0.1, 0.15) is 16.6 Å². The summed E-state index contributed by atoms with van der Waals surface area (Å²) in [6, 6.07) is 10.6. The third kappa shape index (κ3) is 3.04. The van der Waals surface area contributed by atoms with Crippen LogP contribution in [0.2, 0.25) is 0 Å². The first-order valence-electron chi connectivity index (χ1n) is 6.79. The predicted octanol–water partition coefficient (Wildman–Crippen LogP) is 2.40. The zero-order chi connectivity index (χ0) is 13.8. The minimum absolute atomic E-state index is 0.451. The molecule has 1 unspecified atom stereocenters. The van der Waals surface area contributed by atoms with Gasteiger partial charge in [-0.3, -0.25) is 4.99 Å². The molecule has 20 heavy (non-hydrogen) atoms. The molecular weight excluding hydrogens is 268 g/mol. The molecule has 104 valence electrons. The summed E-state index contributed by atoms with van der Waals surface area (Å²) in [7, 11) is 2.02. The van der Waals surface area contributed by atoms with Crippen molar-refractivity contribution < 1.29 is 0 Å². The highest BCUT2D eigenvalue weighted by atomic mass is 32.2. The maximum Gasteiger partial charge on any atom is 0.157 e. The van der Waals surface area contributed by atoms with Crippen LogP contribution < -0.4 is 5.32 Å². The van der Waals surface area contributed by atoms with Crippen LogP contribution in [0.25, 0.3) is 0 Å². The van der Waals surface area contributed by atoms with E-state index in [0.29, 0.717) is 5.25 Å². The zero-order valence-corrected chi connectivity index (χ0v) is 12.3. The number of aromatic nitrogens is 2. The summed E-state index contributed by atoms with van der Waals surface area (Å²) in [6.07, 6.45) is 4.73. The summed E-state index contributed by atoms with van der Waals surface area (Å²) in [6.45, 7) is 1.73. The van der Waals surface area contributed by atoms with E-state index in [2.05, 4.69) is 50.2 Å². The van der Waals surface area contributed by atoms with Crippen molar-refractivity contribution in [1.82, 2.24) is 14.9 Å². The van der Waals surface area contributed by atoms with Crippen LogP contribution in [0, 0.1) is 0 Å². The molecule has 1 aliphatic heterocycles. The van der Waals surface area contributed by atoms with Gasteiger partial charge in [0.25, 0.3) is 0 Å². The molecule has 1 N–H and O–H groups in total. The molecule has 5 heteroatoms. The lowest BCUT2D eigenvalue weighted by atomic mass is 10.1. The van der Waals surface area contributed by atoms with Crippen LogP contribution in [0.4, 0.5) is 0 Å². The first kappa shape index (κ1) is 13.2. The van der Waals surface area contributed by atoms with E-state index in [-0.39, 0.29) is 0 Å². The number of benzene rings is 1. The van der Waals surface area contributed by atoms with Crippen molar-refractivity contribution >= 4 is 16.9 Å². The fourth-order valence-electron chi connectivity index (χ4n) is 2.23. The molecule has 0 radical (unpaired) electrons. The summed E-state index contributed by atoms with van der Waals surface area (Å²) >= 11 is 1.82. The van der Waals surface area contributed by atoms with Crippen LogP contribution in [-0.2, 0) is 13.5 Å². The molecule has 3 rings (SSSR count). The lowest BCUT2D eigenvalue weighted by molar-refractivity contribution is 0.751. The number of aliphatic imine (C=N–C) groups is 1. The third-order valence-corrected chi connectivity index (χ3v) is 4.57. The Balaban J connectivity index is 1.47. The van der Waals surface area contributed by atoms with E-state index in [1.54, 1.807) is 0 Å². The average Bonchev–Trinajstić information content (AvgIpc) is 3.10. The summed E-state index contributed by atoms with van der Waals surface area (Å²) in [5.74, 6) is 1.10. The van der Waals surface area contributed by atoms with Crippen molar-refractivity contribution in [1.29, 1.82) is 0 Å². The van der Waals surface area contributed by atoms with Gasteiger partial charge in [0.2, 0.25) is 0 Å². The van der Waals surface area contributed by atoms with Gasteiger partial charge in [-0.05, 0) is 5.56 Å². The monoisotopic (exact) mass is 286 g/mol. The Bertz CT molecular complexity index is 591. The second-order valence-corrected chi connectivity index (χ2v) is 5.99. The Labute approximate surface area is 123 Å². The SMILES string of the molecule is Cn1ccnc1CCNC1=NCC(c2ccccc2)S1. The number of rotatable bonds is 4. The number of nitrogens with zero attached hydrogens (tertiary/aromatic N) is 3. The first-order chi connectivity index (χ1) is 9.83. The van der Waals surface area contributed by atoms with Gasteiger partial charge in [0.15, 0.2) is 5.17 Å². The van der Waals surface area contributed by atoms with Gasteiger partial charge in [-0.15, -0.1) is 0 Å². The number of aryl methyl sites for hydroxylation is 1. The highest BCUT2D eigenvalue weighted by molar-refractivity contribution is 8.14. The summed E-state index contributed by atoms with van der Waals surface area (Å²) in [5.41, 5.74) is 1.35. The van der Waals surface area contributed by atoms with Gasteiger partial charge in [0.05, 0.1) is 11.8 Å². The van der Waals surface area contributed by atoms with Crippen molar-refractivity contribution in [3.8, 4) is 0 Å². The van der Waals surface area contributed by atoms with Gasteiger partial charge in [-0.2, -0.15) is 0 Å². The first-order valence-corrected chi connectivity index (χ1v) is 7.67. The van der Waals surface area contributed by atoms with Crippen molar-refractivity contribution in [2.45, 2.75) is 11.7 Å². The molecule has 2 aromatic rings. The molecular formula is C15H18N4S. The maximum absolute atomic E-state index is 4.58. The van der Waals surface area contributed by atoms with Crippen molar-refractivity contribution in [2.75, 3.05) is 13.1 Å². The van der Waals surface area contributed by atoms with Crippen LogP contribution in [0.3, 0.4) is 0 Å². The van der Waals surface area contributed by atoms with E-state index >= 15 is 0 Å². The molecule has 1 aromatic carbocycles. The number of imidazole rings is 1.